The van der Waals surface area contributed by atoms with E-state index in [1.165, 1.54) is 11.3 Å². The normalized spacial score (nSPS) is 21.1. The Kier molecular flexibility index (Phi) is 2.46. The molecule has 0 aliphatic heterocycles. The van der Waals surface area contributed by atoms with E-state index in [0.29, 0.717) is 0 Å². The number of nitrogens with zero attached hydrogens (tertiary/aromatic N) is 2. The van der Waals surface area contributed by atoms with E-state index < -0.39 is 0 Å². The molecule has 0 fully saturated rings. The molecule has 74 valence electrons. The van der Waals surface area contributed by atoms with Gasteiger partial charge >= 0.3 is 0 Å². The summed E-state index contributed by atoms with van der Waals surface area (Å²) in [5.41, 5.74) is 2.44. The largest absolute Gasteiger partial charge is 0.262 e. The second-order valence-corrected chi connectivity index (χ2v) is 4.11. The maximum atomic E-state index is 5.99. The zero-order valence-corrected chi connectivity index (χ0v) is 9.12. The SMILES string of the molecule is Cc1cnn(C2C=CC=C(Cl)C2)c1C. The number of rotatable bonds is 1. The molecular formula is C11H13ClN2. The Bertz CT molecular complexity index is 401. The van der Waals surface area contributed by atoms with Gasteiger partial charge in [-0.15, -0.1) is 0 Å². The van der Waals surface area contributed by atoms with Gasteiger partial charge in [0, 0.05) is 17.1 Å². The number of halogens is 1. The number of aryl methyl sites for hydroxylation is 1. The Morgan fingerprint density at radius 3 is 2.86 bits per heavy atom. The van der Waals surface area contributed by atoms with Crippen LogP contribution < -0.4 is 0 Å². The van der Waals surface area contributed by atoms with E-state index in [1.54, 1.807) is 0 Å². The predicted octanol–water partition coefficient (Wildman–Crippen LogP) is 3.12. The molecule has 0 amide bonds. The molecule has 1 aliphatic rings. The van der Waals surface area contributed by atoms with Gasteiger partial charge < -0.3 is 0 Å². The third-order valence-corrected chi connectivity index (χ3v) is 2.90. The second-order valence-electron chi connectivity index (χ2n) is 3.63. The summed E-state index contributed by atoms with van der Waals surface area (Å²) in [6.07, 6.45) is 8.80. The number of hydrogen-bond acceptors (Lipinski definition) is 1. The first-order chi connectivity index (χ1) is 6.68. The van der Waals surface area contributed by atoms with Crippen molar-refractivity contribution in [1.29, 1.82) is 0 Å². The topological polar surface area (TPSA) is 17.8 Å². The van der Waals surface area contributed by atoms with Crippen molar-refractivity contribution in [3.8, 4) is 0 Å². The zero-order valence-electron chi connectivity index (χ0n) is 8.37. The lowest BCUT2D eigenvalue weighted by molar-refractivity contribution is 0.524. The first kappa shape index (κ1) is 9.53. The van der Waals surface area contributed by atoms with E-state index in [2.05, 4.69) is 25.0 Å². The van der Waals surface area contributed by atoms with E-state index in [9.17, 15) is 0 Å². The van der Waals surface area contributed by atoms with Crippen LogP contribution in [0, 0.1) is 13.8 Å². The fraction of sp³-hybridized carbons (Fsp3) is 0.364. The van der Waals surface area contributed by atoms with Crippen molar-refractivity contribution < 1.29 is 0 Å². The van der Waals surface area contributed by atoms with Gasteiger partial charge in [0.15, 0.2) is 0 Å². The van der Waals surface area contributed by atoms with Crippen LogP contribution in [0.15, 0.2) is 29.5 Å². The van der Waals surface area contributed by atoms with Crippen LogP contribution in [0.2, 0.25) is 0 Å². The molecule has 1 aromatic heterocycles. The molecule has 1 aliphatic carbocycles. The lowest BCUT2D eigenvalue weighted by atomic mass is 10.1. The van der Waals surface area contributed by atoms with Gasteiger partial charge in [0.05, 0.1) is 12.2 Å². The summed E-state index contributed by atoms with van der Waals surface area (Å²) in [6.45, 7) is 4.16. The molecule has 0 radical (unpaired) electrons. The molecule has 2 rings (SSSR count). The summed E-state index contributed by atoms with van der Waals surface area (Å²) in [7, 11) is 0. The van der Waals surface area contributed by atoms with E-state index in [1.807, 2.05) is 23.0 Å². The van der Waals surface area contributed by atoms with Crippen molar-refractivity contribution in [2.75, 3.05) is 0 Å². The summed E-state index contributed by atoms with van der Waals surface area (Å²) >= 11 is 5.99. The van der Waals surface area contributed by atoms with Gasteiger partial charge in [-0.05, 0) is 25.5 Å². The first-order valence-electron chi connectivity index (χ1n) is 4.72. The molecule has 3 heteroatoms. The van der Waals surface area contributed by atoms with E-state index >= 15 is 0 Å². The smallest absolute Gasteiger partial charge is 0.0754 e. The molecule has 1 atom stereocenters. The maximum absolute atomic E-state index is 5.99. The van der Waals surface area contributed by atoms with Crippen LogP contribution in [0.4, 0.5) is 0 Å². The minimum absolute atomic E-state index is 0.279. The van der Waals surface area contributed by atoms with Crippen LogP contribution in [-0.2, 0) is 0 Å². The third kappa shape index (κ3) is 1.62. The molecule has 1 unspecified atom stereocenters. The van der Waals surface area contributed by atoms with Crippen molar-refractivity contribution in [3.63, 3.8) is 0 Å². The fourth-order valence-corrected chi connectivity index (χ4v) is 1.87. The lowest BCUT2D eigenvalue weighted by Crippen LogP contribution is -2.11. The number of hydrogen-bond donors (Lipinski definition) is 0. The second kappa shape index (κ2) is 3.62. The molecular weight excluding hydrogens is 196 g/mol. The van der Waals surface area contributed by atoms with Crippen LogP contribution >= 0.6 is 11.6 Å². The quantitative estimate of drug-likeness (QED) is 0.694. The molecule has 0 spiro atoms. The van der Waals surface area contributed by atoms with Gasteiger partial charge in [-0.3, -0.25) is 4.68 Å². The van der Waals surface area contributed by atoms with Gasteiger partial charge in [0.1, 0.15) is 0 Å². The monoisotopic (exact) mass is 208 g/mol. The van der Waals surface area contributed by atoms with E-state index in [4.69, 9.17) is 11.6 Å². The minimum Gasteiger partial charge on any atom is -0.262 e. The van der Waals surface area contributed by atoms with Crippen LogP contribution in [0.5, 0.6) is 0 Å². The van der Waals surface area contributed by atoms with Gasteiger partial charge in [-0.2, -0.15) is 5.10 Å². The highest BCUT2D eigenvalue weighted by molar-refractivity contribution is 6.29. The third-order valence-electron chi connectivity index (χ3n) is 2.62. The summed E-state index contributed by atoms with van der Waals surface area (Å²) < 4.78 is 2.03. The summed E-state index contributed by atoms with van der Waals surface area (Å²) in [4.78, 5) is 0. The van der Waals surface area contributed by atoms with Gasteiger partial charge in [0.25, 0.3) is 0 Å². The Morgan fingerprint density at radius 1 is 1.50 bits per heavy atom. The molecule has 0 saturated carbocycles. The Labute approximate surface area is 88.9 Å². The van der Waals surface area contributed by atoms with Crippen molar-refractivity contribution in [3.05, 3.63) is 40.7 Å². The molecule has 0 bridgehead atoms. The summed E-state index contributed by atoms with van der Waals surface area (Å²) in [5, 5.41) is 5.25. The fourth-order valence-electron chi connectivity index (χ4n) is 1.64. The zero-order chi connectivity index (χ0) is 10.1. The molecule has 14 heavy (non-hydrogen) atoms. The predicted molar refractivity (Wildman–Crippen MR) is 58.4 cm³/mol. The average Bonchev–Trinajstić information content (AvgIpc) is 2.48. The summed E-state index contributed by atoms with van der Waals surface area (Å²) in [5.74, 6) is 0. The van der Waals surface area contributed by atoms with Crippen molar-refractivity contribution in [2.45, 2.75) is 26.3 Å². The van der Waals surface area contributed by atoms with Crippen molar-refractivity contribution in [2.24, 2.45) is 0 Å². The minimum atomic E-state index is 0.279. The highest BCUT2D eigenvalue weighted by atomic mass is 35.5. The Morgan fingerprint density at radius 2 is 2.29 bits per heavy atom. The van der Waals surface area contributed by atoms with Crippen molar-refractivity contribution >= 4 is 11.6 Å². The van der Waals surface area contributed by atoms with Gasteiger partial charge in [-0.1, -0.05) is 23.8 Å². The number of aromatic nitrogens is 2. The van der Waals surface area contributed by atoms with Crippen molar-refractivity contribution in [1.82, 2.24) is 9.78 Å². The Balaban J connectivity index is 2.29. The molecule has 0 aromatic carbocycles. The van der Waals surface area contributed by atoms with Crippen LogP contribution in [0.25, 0.3) is 0 Å². The van der Waals surface area contributed by atoms with Gasteiger partial charge in [0.2, 0.25) is 0 Å². The highest BCUT2D eigenvalue weighted by Gasteiger charge is 2.15. The summed E-state index contributed by atoms with van der Waals surface area (Å²) in [6, 6.07) is 0.279. The molecule has 1 aromatic rings. The number of allylic oxidation sites excluding steroid dienone is 4. The first-order valence-corrected chi connectivity index (χ1v) is 5.10. The average molecular weight is 209 g/mol. The Hall–Kier alpha value is -1.02. The highest BCUT2D eigenvalue weighted by Crippen LogP contribution is 2.26. The van der Waals surface area contributed by atoms with E-state index in [0.717, 1.165) is 11.5 Å². The van der Waals surface area contributed by atoms with Gasteiger partial charge in [-0.25, -0.2) is 0 Å². The van der Waals surface area contributed by atoms with Crippen LogP contribution in [0.1, 0.15) is 23.7 Å². The lowest BCUT2D eigenvalue weighted by Gasteiger charge is -2.17. The molecule has 0 saturated heterocycles. The van der Waals surface area contributed by atoms with Crippen LogP contribution in [0.3, 0.4) is 0 Å². The van der Waals surface area contributed by atoms with Crippen LogP contribution in [-0.4, -0.2) is 9.78 Å². The molecule has 2 nitrogen and oxygen atoms in total. The molecule has 0 N–H and O–H groups in total. The maximum Gasteiger partial charge on any atom is 0.0754 e. The molecule has 1 heterocycles. The standard InChI is InChI=1S/C11H13ClN2/c1-8-7-13-14(9(8)2)11-5-3-4-10(12)6-11/h3-5,7,11H,6H2,1-2H3. The van der Waals surface area contributed by atoms with E-state index in [-0.39, 0.29) is 6.04 Å².